The molecule has 0 N–H and O–H groups in total. The monoisotopic (exact) mass is 252 g/mol. The van der Waals surface area contributed by atoms with Gasteiger partial charge in [0, 0.05) is 18.4 Å². The van der Waals surface area contributed by atoms with Crippen molar-refractivity contribution < 1.29 is 18.3 Å². The van der Waals surface area contributed by atoms with Crippen LogP contribution in [0.1, 0.15) is 48.8 Å². The lowest BCUT2D eigenvalue weighted by atomic mass is 9.83. The van der Waals surface area contributed by atoms with Crippen LogP contribution in [-0.2, 0) is 9.53 Å². The average molecular weight is 252 g/mol. The van der Waals surface area contributed by atoms with Crippen molar-refractivity contribution in [3.8, 4) is 0 Å². The van der Waals surface area contributed by atoms with Crippen LogP contribution in [0.4, 0.5) is 8.78 Å². The van der Waals surface area contributed by atoms with Crippen LogP contribution < -0.4 is 0 Å². The third kappa shape index (κ3) is 2.05. The Hall–Kier alpha value is -1.29. The van der Waals surface area contributed by atoms with E-state index in [2.05, 4.69) is 0 Å². The van der Waals surface area contributed by atoms with Crippen molar-refractivity contribution in [3.05, 3.63) is 34.9 Å². The van der Waals surface area contributed by atoms with Gasteiger partial charge in [0.1, 0.15) is 11.9 Å². The Bertz CT molecular complexity index is 485. The molecule has 0 radical (unpaired) electrons. The van der Waals surface area contributed by atoms with Gasteiger partial charge in [-0.1, -0.05) is 12.1 Å². The van der Waals surface area contributed by atoms with Gasteiger partial charge in [-0.25, -0.2) is 8.78 Å². The molecular weight excluding hydrogens is 238 g/mol. The predicted molar refractivity (Wildman–Crippen MR) is 61.3 cm³/mol. The number of hydrogen-bond acceptors (Lipinski definition) is 2. The summed E-state index contributed by atoms with van der Waals surface area (Å²) in [5.41, 5.74) is 0.715. The number of Topliss-reactive ketones (excluding diaryl/α,β-unsaturated/α-hetero) is 1. The number of ether oxygens (including phenoxy) is 1. The van der Waals surface area contributed by atoms with Gasteiger partial charge in [-0.3, -0.25) is 4.79 Å². The van der Waals surface area contributed by atoms with Crippen LogP contribution in [0.2, 0.25) is 0 Å². The minimum Gasteiger partial charge on any atom is -0.368 e. The first kappa shape index (κ1) is 11.8. The first-order valence-corrected chi connectivity index (χ1v) is 6.28. The lowest BCUT2D eigenvalue weighted by molar-refractivity contribution is -0.120. The lowest BCUT2D eigenvalue weighted by Crippen LogP contribution is -2.14. The molecule has 3 rings (SSSR count). The molecule has 0 aromatic heterocycles. The number of rotatable bonds is 2. The highest BCUT2D eigenvalue weighted by atomic mass is 19.2. The van der Waals surface area contributed by atoms with Crippen LogP contribution in [-0.4, -0.2) is 12.4 Å². The van der Waals surface area contributed by atoms with Gasteiger partial charge in [0.05, 0.1) is 6.61 Å². The highest BCUT2D eigenvalue weighted by molar-refractivity contribution is 5.79. The molecule has 1 unspecified atom stereocenters. The van der Waals surface area contributed by atoms with Gasteiger partial charge in [-0.2, -0.15) is 0 Å². The Balaban J connectivity index is 1.88. The molecule has 2 fully saturated rings. The van der Waals surface area contributed by atoms with E-state index in [9.17, 15) is 13.6 Å². The molecule has 0 spiro atoms. The molecule has 1 aliphatic heterocycles. The summed E-state index contributed by atoms with van der Waals surface area (Å²) in [5.74, 6) is -1.37. The van der Waals surface area contributed by atoms with Crippen molar-refractivity contribution in [2.75, 3.05) is 6.61 Å². The Kier molecular flexibility index (Phi) is 2.90. The predicted octanol–water partition coefficient (Wildman–Crippen LogP) is 3.26. The van der Waals surface area contributed by atoms with Crippen molar-refractivity contribution in [1.29, 1.82) is 0 Å². The summed E-state index contributed by atoms with van der Waals surface area (Å²) >= 11 is 0. The summed E-state index contributed by atoms with van der Waals surface area (Å²) in [6.07, 6.45) is 1.91. The van der Waals surface area contributed by atoms with Crippen molar-refractivity contribution in [1.82, 2.24) is 0 Å². The maximum Gasteiger partial charge on any atom is 0.165 e. The van der Waals surface area contributed by atoms with E-state index in [-0.39, 0.29) is 17.8 Å². The maximum atomic E-state index is 14.0. The zero-order valence-corrected chi connectivity index (χ0v) is 9.92. The first-order chi connectivity index (χ1) is 8.66. The lowest BCUT2D eigenvalue weighted by Gasteiger charge is -2.22. The molecule has 1 aliphatic carbocycles. The number of epoxide rings is 1. The van der Waals surface area contributed by atoms with Crippen molar-refractivity contribution >= 4 is 5.78 Å². The first-order valence-electron chi connectivity index (χ1n) is 6.28. The zero-order valence-electron chi connectivity index (χ0n) is 9.92. The molecule has 0 amide bonds. The van der Waals surface area contributed by atoms with E-state index >= 15 is 0 Å². The zero-order chi connectivity index (χ0) is 12.7. The van der Waals surface area contributed by atoms with E-state index in [0.717, 1.165) is 0 Å². The summed E-state index contributed by atoms with van der Waals surface area (Å²) in [5, 5.41) is 0. The fourth-order valence-electron chi connectivity index (χ4n) is 2.62. The summed E-state index contributed by atoms with van der Waals surface area (Å²) in [6.45, 7) is 0.466. The Morgan fingerprint density at radius 1 is 1.06 bits per heavy atom. The summed E-state index contributed by atoms with van der Waals surface area (Å²) in [6, 6.07) is 3.26. The second-order valence-electron chi connectivity index (χ2n) is 5.01. The number of halogens is 2. The van der Waals surface area contributed by atoms with Crippen LogP contribution in [0, 0.1) is 11.6 Å². The quantitative estimate of drug-likeness (QED) is 0.756. The van der Waals surface area contributed by atoms with E-state index in [0.29, 0.717) is 43.4 Å². The third-order valence-electron chi connectivity index (χ3n) is 3.81. The van der Waals surface area contributed by atoms with E-state index < -0.39 is 11.6 Å². The second kappa shape index (κ2) is 4.43. The standard InChI is InChI=1S/C14H14F2O2/c15-13-10(8-1-3-9(17)4-2-8)5-6-11(14(13)16)12-7-18-12/h5-6,8,12H,1-4,7H2. The van der Waals surface area contributed by atoms with E-state index in [4.69, 9.17) is 4.74 Å². The molecule has 4 heteroatoms. The highest BCUT2D eigenvalue weighted by Gasteiger charge is 2.31. The van der Waals surface area contributed by atoms with Crippen molar-refractivity contribution in [2.24, 2.45) is 0 Å². The summed E-state index contributed by atoms with van der Waals surface area (Å²) in [7, 11) is 0. The molecule has 1 saturated heterocycles. The van der Waals surface area contributed by atoms with Crippen LogP contribution in [0.3, 0.4) is 0 Å². The van der Waals surface area contributed by atoms with Crippen LogP contribution in [0.25, 0.3) is 0 Å². The van der Waals surface area contributed by atoms with Crippen LogP contribution in [0.15, 0.2) is 12.1 Å². The van der Waals surface area contributed by atoms with E-state index in [1.807, 2.05) is 0 Å². The van der Waals surface area contributed by atoms with Gasteiger partial charge >= 0.3 is 0 Å². The van der Waals surface area contributed by atoms with Gasteiger partial charge in [0.2, 0.25) is 0 Å². The van der Waals surface area contributed by atoms with Crippen molar-refractivity contribution in [3.63, 3.8) is 0 Å². The molecule has 2 aliphatic rings. The highest BCUT2D eigenvalue weighted by Crippen LogP contribution is 2.37. The second-order valence-corrected chi connectivity index (χ2v) is 5.01. The third-order valence-corrected chi connectivity index (χ3v) is 3.81. The molecule has 1 heterocycles. The fourth-order valence-corrected chi connectivity index (χ4v) is 2.62. The Morgan fingerprint density at radius 2 is 1.61 bits per heavy atom. The van der Waals surface area contributed by atoms with Gasteiger partial charge in [0.15, 0.2) is 11.6 Å². The van der Waals surface area contributed by atoms with Gasteiger partial charge in [-0.15, -0.1) is 0 Å². The largest absolute Gasteiger partial charge is 0.368 e. The molecule has 1 aromatic carbocycles. The smallest absolute Gasteiger partial charge is 0.165 e. The van der Waals surface area contributed by atoms with Gasteiger partial charge in [-0.05, 0) is 24.3 Å². The van der Waals surface area contributed by atoms with Crippen molar-refractivity contribution in [2.45, 2.75) is 37.7 Å². The maximum absolute atomic E-state index is 14.0. The molecule has 2 nitrogen and oxygen atoms in total. The van der Waals surface area contributed by atoms with Gasteiger partial charge < -0.3 is 4.74 Å². The summed E-state index contributed by atoms with van der Waals surface area (Å²) in [4.78, 5) is 11.2. The number of ketones is 1. The Morgan fingerprint density at radius 3 is 2.22 bits per heavy atom. The van der Waals surface area contributed by atoms with E-state index in [1.165, 1.54) is 0 Å². The molecule has 96 valence electrons. The molecular formula is C14H14F2O2. The topological polar surface area (TPSA) is 29.6 Å². The number of carbonyl (C=O) groups is 1. The SMILES string of the molecule is O=C1CCC(c2ccc(C3CO3)c(F)c2F)CC1. The number of hydrogen-bond donors (Lipinski definition) is 0. The average Bonchev–Trinajstić information content (AvgIpc) is 3.18. The number of carbonyl (C=O) groups excluding carboxylic acids is 1. The minimum absolute atomic E-state index is 0.0358. The fraction of sp³-hybridized carbons (Fsp3) is 0.500. The number of benzene rings is 1. The summed E-state index contributed by atoms with van der Waals surface area (Å²) < 4.78 is 32.9. The molecule has 1 aromatic rings. The normalized spacial score (nSPS) is 24.3. The minimum atomic E-state index is -0.785. The molecule has 0 bridgehead atoms. The Labute approximate surface area is 104 Å². The molecule has 1 saturated carbocycles. The molecule has 18 heavy (non-hydrogen) atoms. The van der Waals surface area contributed by atoms with Gasteiger partial charge in [0.25, 0.3) is 0 Å². The van der Waals surface area contributed by atoms with Crippen LogP contribution >= 0.6 is 0 Å². The van der Waals surface area contributed by atoms with E-state index in [1.54, 1.807) is 12.1 Å². The van der Waals surface area contributed by atoms with Crippen LogP contribution in [0.5, 0.6) is 0 Å². The molecule has 1 atom stereocenters.